The van der Waals surface area contributed by atoms with E-state index < -0.39 is 6.10 Å². The van der Waals surface area contributed by atoms with Crippen LogP contribution in [0.5, 0.6) is 11.8 Å². The maximum atomic E-state index is 14.0. The zero-order chi connectivity index (χ0) is 28.0. The molecular weight excluding hydrogens is 621 g/mol. The van der Waals surface area contributed by atoms with Gasteiger partial charge in [-0.2, -0.15) is 9.97 Å². The van der Waals surface area contributed by atoms with Gasteiger partial charge in [-0.15, -0.1) is 0 Å². The molecule has 3 aliphatic rings. The first-order chi connectivity index (χ1) is 19.2. The van der Waals surface area contributed by atoms with Crippen LogP contribution in [0, 0.1) is 8.99 Å². The van der Waals surface area contributed by atoms with Gasteiger partial charge in [-0.25, -0.2) is 0 Å². The van der Waals surface area contributed by atoms with Crippen LogP contribution in [0.4, 0.5) is 5.82 Å². The number of nitrogens with zero attached hydrogens (tertiary/aromatic N) is 5. The first-order valence-corrected chi connectivity index (χ1v) is 15.1. The molecule has 1 aromatic heterocycles. The van der Waals surface area contributed by atoms with Crippen molar-refractivity contribution in [3.63, 3.8) is 0 Å². The molecule has 1 saturated heterocycles. The molecule has 0 spiro atoms. The molecule has 1 unspecified atom stereocenters. The Balaban J connectivity index is 1.33. The molecule has 9 nitrogen and oxygen atoms in total. The van der Waals surface area contributed by atoms with Crippen molar-refractivity contribution in [3.8, 4) is 11.8 Å². The van der Waals surface area contributed by atoms with E-state index in [1.807, 2.05) is 18.2 Å². The minimum atomic E-state index is -0.424. The Morgan fingerprint density at radius 2 is 2.02 bits per heavy atom. The number of rotatable bonds is 7. The van der Waals surface area contributed by atoms with Crippen molar-refractivity contribution in [1.29, 1.82) is 0 Å². The number of hydrogen-bond acceptors (Lipinski definition) is 8. The van der Waals surface area contributed by atoms with Crippen LogP contribution in [-0.2, 0) is 13.1 Å². The predicted molar refractivity (Wildman–Crippen MR) is 162 cm³/mol. The second kappa shape index (κ2) is 10.9. The number of halogens is 1. The van der Waals surface area contributed by atoms with Crippen LogP contribution < -0.4 is 9.64 Å². The maximum absolute atomic E-state index is 14.0. The van der Waals surface area contributed by atoms with Crippen LogP contribution in [-0.4, -0.2) is 82.3 Å². The lowest BCUT2D eigenvalue weighted by Crippen LogP contribution is -2.33. The van der Waals surface area contributed by atoms with Gasteiger partial charge >= 0.3 is 6.01 Å². The highest BCUT2D eigenvalue weighted by Gasteiger charge is 2.44. The van der Waals surface area contributed by atoms with E-state index >= 15 is 0 Å². The molecule has 2 fully saturated rings. The third kappa shape index (κ3) is 5.58. The summed E-state index contributed by atoms with van der Waals surface area (Å²) in [6.07, 6.45) is 4.53. The Labute approximate surface area is 248 Å². The third-order valence-corrected chi connectivity index (χ3v) is 9.13. The Morgan fingerprint density at radius 1 is 1.20 bits per heavy atom. The molecule has 1 atom stereocenters. The fourth-order valence-corrected chi connectivity index (χ4v) is 6.93. The fourth-order valence-electron chi connectivity index (χ4n) is 6.12. The minimum Gasteiger partial charge on any atom is -0.508 e. The SMILES string of the molecule is CN(C)CC1(COc2nc3c(c(N4CCCCC(O)C4)n2)CN(C(=O)c2cc(O)cc4cccc(I)c24)C3)CC1. The normalized spacial score (nSPS) is 20.1. The van der Waals surface area contributed by atoms with Gasteiger partial charge in [0, 0.05) is 39.6 Å². The summed E-state index contributed by atoms with van der Waals surface area (Å²) in [7, 11) is 4.16. The van der Waals surface area contributed by atoms with Gasteiger partial charge in [0.1, 0.15) is 11.6 Å². The van der Waals surface area contributed by atoms with Crippen LogP contribution in [0.2, 0.25) is 0 Å². The predicted octanol–water partition coefficient (Wildman–Crippen LogP) is 4.17. The highest BCUT2D eigenvalue weighted by molar-refractivity contribution is 14.1. The van der Waals surface area contributed by atoms with Gasteiger partial charge in [-0.1, -0.05) is 12.1 Å². The molecule has 1 amide bonds. The largest absolute Gasteiger partial charge is 0.508 e. The van der Waals surface area contributed by atoms with Crippen molar-refractivity contribution in [3.05, 3.63) is 50.7 Å². The van der Waals surface area contributed by atoms with Crippen LogP contribution >= 0.6 is 22.6 Å². The number of aromatic nitrogens is 2. The van der Waals surface area contributed by atoms with E-state index in [1.165, 1.54) is 0 Å². The summed E-state index contributed by atoms with van der Waals surface area (Å²) in [6.45, 7) is 3.50. The Bertz CT molecular complexity index is 1440. The van der Waals surface area contributed by atoms with Crippen molar-refractivity contribution in [2.45, 2.75) is 51.3 Å². The van der Waals surface area contributed by atoms with Crippen molar-refractivity contribution >= 4 is 45.1 Å². The van der Waals surface area contributed by atoms with Crippen LogP contribution in [0.15, 0.2) is 30.3 Å². The van der Waals surface area contributed by atoms with Gasteiger partial charge in [0.05, 0.1) is 37.1 Å². The molecule has 2 aromatic carbocycles. The van der Waals surface area contributed by atoms with E-state index in [1.54, 1.807) is 17.0 Å². The van der Waals surface area contributed by atoms with E-state index in [0.717, 1.165) is 76.6 Å². The molecule has 2 aliphatic heterocycles. The van der Waals surface area contributed by atoms with Gasteiger partial charge < -0.3 is 29.6 Å². The van der Waals surface area contributed by atoms with Crippen LogP contribution in [0.25, 0.3) is 10.8 Å². The zero-order valence-electron chi connectivity index (χ0n) is 23.1. The monoisotopic (exact) mass is 657 g/mol. The summed E-state index contributed by atoms with van der Waals surface area (Å²) in [4.78, 5) is 29.7. The molecule has 3 aromatic rings. The number of anilines is 1. The highest BCUT2D eigenvalue weighted by atomic mass is 127. The topological polar surface area (TPSA) is 102 Å². The number of fused-ring (bicyclic) bond motifs is 2. The number of ether oxygens (including phenoxy) is 1. The number of carbonyl (C=O) groups excluding carboxylic acids is 1. The van der Waals surface area contributed by atoms with E-state index in [2.05, 4.69) is 46.5 Å². The summed E-state index contributed by atoms with van der Waals surface area (Å²) in [6, 6.07) is 9.39. The van der Waals surface area contributed by atoms with E-state index in [0.29, 0.717) is 37.8 Å². The molecule has 0 bridgehead atoms. The van der Waals surface area contributed by atoms with Crippen LogP contribution in [0.3, 0.4) is 0 Å². The average Bonchev–Trinajstić information content (AvgIpc) is 3.59. The fraction of sp³-hybridized carbons (Fsp3) is 0.500. The number of benzene rings is 2. The number of phenols is 1. The summed E-state index contributed by atoms with van der Waals surface area (Å²) in [5.41, 5.74) is 2.30. The quantitative estimate of drug-likeness (QED) is 0.366. The second-order valence-corrected chi connectivity index (χ2v) is 13.0. The molecule has 1 saturated carbocycles. The summed E-state index contributed by atoms with van der Waals surface area (Å²) in [5.74, 6) is 0.662. The lowest BCUT2D eigenvalue weighted by molar-refractivity contribution is 0.0751. The molecule has 10 heteroatoms. The van der Waals surface area contributed by atoms with E-state index in [4.69, 9.17) is 14.7 Å². The summed E-state index contributed by atoms with van der Waals surface area (Å²) < 4.78 is 7.20. The molecule has 6 rings (SSSR count). The lowest BCUT2D eigenvalue weighted by atomic mass is 10.0. The number of phenolic OH excluding ortho intramolecular Hbond substituents is 1. The van der Waals surface area contributed by atoms with Crippen molar-refractivity contribution in [2.24, 2.45) is 5.41 Å². The molecule has 3 heterocycles. The number of carbonyl (C=O) groups is 1. The Kier molecular flexibility index (Phi) is 7.51. The van der Waals surface area contributed by atoms with Crippen molar-refractivity contribution < 1.29 is 19.7 Å². The number of β-amino-alcohol motifs (C(OH)–C–C–N with tert-alkyl or cyclic N) is 1. The van der Waals surface area contributed by atoms with E-state index in [-0.39, 0.29) is 17.1 Å². The number of aromatic hydroxyl groups is 1. The molecule has 40 heavy (non-hydrogen) atoms. The zero-order valence-corrected chi connectivity index (χ0v) is 25.2. The molecule has 0 radical (unpaired) electrons. The smallest absolute Gasteiger partial charge is 0.318 e. The average molecular weight is 658 g/mol. The lowest BCUT2D eigenvalue weighted by Gasteiger charge is -2.26. The van der Waals surface area contributed by atoms with Gasteiger partial charge in [0.2, 0.25) is 0 Å². The number of aliphatic hydroxyl groups excluding tert-OH is 1. The maximum Gasteiger partial charge on any atom is 0.318 e. The van der Waals surface area contributed by atoms with Gasteiger partial charge in [0.15, 0.2) is 0 Å². The Hall–Kier alpha value is -2.70. The summed E-state index contributed by atoms with van der Waals surface area (Å²) >= 11 is 2.24. The highest BCUT2D eigenvalue weighted by Crippen LogP contribution is 2.46. The van der Waals surface area contributed by atoms with Gasteiger partial charge in [-0.3, -0.25) is 4.79 Å². The van der Waals surface area contributed by atoms with Crippen molar-refractivity contribution in [1.82, 2.24) is 19.8 Å². The third-order valence-electron chi connectivity index (χ3n) is 8.23. The second-order valence-electron chi connectivity index (χ2n) is 11.9. The minimum absolute atomic E-state index is 0.0658. The first-order valence-electron chi connectivity index (χ1n) is 14.0. The van der Waals surface area contributed by atoms with Gasteiger partial charge in [0.25, 0.3) is 5.91 Å². The van der Waals surface area contributed by atoms with Crippen LogP contribution in [0.1, 0.15) is 53.7 Å². The molecule has 1 aliphatic carbocycles. The first kappa shape index (κ1) is 27.5. The van der Waals surface area contributed by atoms with Crippen molar-refractivity contribution in [2.75, 3.05) is 45.2 Å². The standard InChI is InChI=1S/C30H36IN5O4/c1-34(2)17-30(9-10-30)18-40-29-32-25-16-36(15-23(25)27(33-29)35-11-4-3-7-20(37)14-35)28(39)22-13-21(38)12-19-6-5-8-24(31)26(19)22/h5-6,8,12-13,20,37-38H,3-4,7,9-11,14-18H2,1-2H3. The number of aliphatic hydroxyl groups is 1. The number of amides is 1. The summed E-state index contributed by atoms with van der Waals surface area (Å²) in [5, 5.41) is 22.6. The van der Waals surface area contributed by atoms with Gasteiger partial charge in [-0.05, 0) is 92.4 Å². The molecule has 212 valence electrons. The Morgan fingerprint density at radius 3 is 2.80 bits per heavy atom. The molecular formula is C30H36IN5O4. The van der Waals surface area contributed by atoms with E-state index in [9.17, 15) is 15.0 Å². The number of hydrogen-bond donors (Lipinski definition) is 2. The molecule has 2 N–H and O–H groups in total.